The Morgan fingerprint density at radius 3 is 2.67 bits per heavy atom. The first-order chi connectivity index (χ1) is 16.0. The van der Waals surface area contributed by atoms with E-state index in [4.69, 9.17) is 9.47 Å². The molecule has 2 fully saturated rings. The van der Waals surface area contributed by atoms with Gasteiger partial charge in [-0.3, -0.25) is 14.6 Å². The molecule has 0 spiro atoms. The van der Waals surface area contributed by atoms with Gasteiger partial charge in [0.2, 0.25) is 5.91 Å². The Hall–Kier alpha value is -4.02. The SMILES string of the molecule is O=C1CCCN1c1ccc(-c2ccc(N3CC(COc4ccon4)OC3=O)c(F)c2F)cn1. The number of hydrogen-bond donors (Lipinski definition) is 0. The second kappa shape index (κ2) is 8.49. The van der Waals surface area contributed by atoms with Gasteiger partial charge in [0.25, 0.3) is 5.88 Å². The summed E-state index contributed by atoms with van der Waals surface area (Å²) < 4.78 is 45.0. The number of carbonyl (C=O) groups excluding carboxylic acids is 2. The number of ether oxygens (including phenoxy) is 2. The fraction of sp³-hybridized carbons (Fsp3) is 0.273. The van der Waals surface area contributed by atoms with Crippen LogP contribution in [0.2, 0.25) is 0 Å². The third kappa shape index (κ3) is 3.97. The van der Waals surface area contributed by atoms with Crippen LogP contribution in [0, 0.1) is 11.6 Å². The van der Waals surface area contributed by atoms with E-state index in [1.807, 2.05) is 0 Å². The Morgan fingerprint density at radius 2 is 1.97 bits per heavy atom. The van der Waals surface area contributed by atoms with Crippen molar-refractivity contribution in [2.24, 2.45) is 0 Å². The number of carbonyl (C=O) groups is 2. The Bertz CT molecular complexity index is 1190. The van der Waals surface area contributed by atoms with Crippen molar-refractivity contribution < 1.29 is 32.4 Å². The quantitative estimate of drug-likeness (QED) is 0.560. The summed E-state index contributed by atoms with van der Waals surface area (Å²) in [6, 6.07) is 7.35. The van der Waals surface area contributed by atoms with Crippen LogP contribution in [0.5, 0.6) is 5.88 Å². The Kier molecular flexibility index (Phi) is 5.37. The first-order valence-corrected chi connectivity index (χ1v) is 10.3. The highest BCUT2D eigenvalue weighted by molar-refractivity contribution is 5.94. The molecule has 2 saturated heterocycles. The molecule has 1 unspecified atom stereocenters. The number of benzene rings is 1. The monoisotopic (exact) mass is 456 g/mol. The highest BCUT2D eigenvalue weighted by atomic mass is 19.2. The Labute approximate surface area is 186 Å². The normalized spacial score (nSPS) is 18.2. The van der Waals surface area contributed by atoms with Crippen molar-refractivity contribution in [2.45, 2.75) is 18.9 Å². The summed E-state index contributed by atoms with van der Waals surface area (Å²) in [4.78, 5) is 30.9. The van der Waals surface area contributed by atoms with E-state index in [2.05, 4.69) is 14.7 Å². The maximum Gasteiger partial charge on any atom is 0.414 e. The minimum Gasteiger partial charge on any atom is -0.471 e. The average Bonchev–Trinajstić information content (AvgIpc) is 3.56. The molecule has 170 valence electrons. The molecule has 4 heterocycles. The van der Waals surface area contributed by atoms with E-state index >= 15 is 0 Å². The fourth-order valence-corrected chi connectivity index (χ4v) is 3.83. The molecule has 2 aliphatic heterocycles. The minimum atomic E-state index is -1.18. The van der Waals surface area contributed by atoms with E-state index in [0.717, 1.165) is 11.3 Å². The van der Waals surface area contributed by atoms with Crippen LogP contribution in [0.1, 0.15) is 12.8 Å². The molecule has 1 atom stereocenters. The summed E-state index contributed by atoms with van der Waals surface area (Å²) in [5.41, 5.74) is 0.0928. The van der Waals surface area contributed by atoms with Gasteiger partial charge in [-0.1, -0.05) is 0 Å². The maximum absolute atomic E-state index is 14.9. The summed E-state index contributed by atoms with van der Waals surface area (Å²) in [5.74, 6) is -1.62. The molecular formula is C22H18F2N4O5. The lowest BCUT2D eigenvalue weighted by Gasteiger charge is -2.17. The van der Waals surface area contributed by atoms with Crippen molar-refractivity contribution in [3.05, 3.63) is 54.4 Å². The van der Waals surface area contributed by atoms with Gasteiger partial charge in [-0.15, -0.1) is 0 Å². The van der Waals surface area contributed by atoms with Crippen LogP contribution >= 0.6 is 0 Å². The third-order valence-electron chi connectivity index (χ3n) is 5.47. The largest absolute Gasteiger partial charge is 0.471 e. The minimum absolute atomic E-state index is 0.0125. The number of amides is 2. The third-order valence-corrected chi connectivity index (χ3v) is 5.47. The second-order valence-corrected chi connectivity index (χ2v) is 7.58. The molecule has 2 aliphatic rings. The van der Waals surface area contributed by atoms with Crippen LogP contribution in [-0.4, -0.2) is 47.9 Å². The molecule has 0 bridgehead atoms. The standard InChI is InChI=1S/C22H18F2N4O5/c23-20-15(13-3-6-17(25-10-13)27-8-1-2-19(27)29)4-5-16(21(20)24)28-11-14(33-22(28)30)12-31-18-7-9-32-26-18/h3-7,9-10,14H,1-2,8,11-12H2. The number of rotatable bonds is 6. The van der Waals surface area contributed by atoms with Gasteiger partial charge in [0.05, 0.1) is 12.2 Å². The van der Waals surface area contributed by atoms with Gasteiger partial charge in [-0.05, 0) is 35.8 Å². The zero-order valence-corrected chi connectivity index (χ0v) is 17.2. The van der Waals surface area contributed by atoms with Crippen LogP contribution in [-0.2, 0) is 9.53 Å². The molecule has 0 radical (unpaired) electrons. The topological polar surface area (TPSA) is 98.0 Å². The maximum atomic E-state index is 14.9. The van der Waals surface area contributed by atoms with Crippen LogP contribution in [0.4, 0.5) is 25.1 Å². The van der Waals surface area contributed by atoms with E-state index in [0.29, 0.717) is 24.3 Å². The summed E-state index contributed by atoms with van der Waals surface area (Å²) >= 11 is 0. The van der Waals surface area contributed by atoms with Crippen LogP contribution in [0.25, 0.3) is 11.1 Å². The van der Waals surface area contributed by atoms with Gasteiger partial charge < -0.3 is 14.0 Å². The van der Waals surface area contributed by atoms with E-state index in [9.17, 15) is 18.4 Å². The number of cyclic esters (lactones) is 1. The van der Waals surface area contributed by atoms with Crippen molar-refractivity contribution in [3.8, 4) is 17.0 Å². The highest BCUT2D eigenvalue weighted by Gasteiger charge is 2.35. The molecule has 0 aliphatic carbocycles. The molecule has 2 amide bonds. The van der Waals surface area contributed by atoms with E-state index in [1.54, 1.807) is 17.0 Å². The smallest absolute Gasteiger partial charge is 0.414 e. The van der Waals surface area contributed by atoms with Gasteiger partial charge in [-0.2, -0.15) is 0 Å². The molecule has 0 saturated carbocycles. The lowest BCUT2D eigenvalue weighted by atomic mass is 10.1. The molecule has 1 aromatic carbocycles. The molecule has 2 aromatic heterocycles. The van der Waals surface area contributed by atoms with Crippen molar-refractivity contribution in [1.82, 2.24) is 10.1 Å². The summed E-state index contributed by atoms with van der Waals surface area (Å²) in [5, 5.41) is 3.58. The van der Waals surface area contributed by atoms with E-state index in [-0.39, 0.29) is 36.2 Å². The van der Waals surface area contributed by atoms with Gasteiger partial charge in [-0.25, -0.2) is 18.6 Å². The fourth-order valence-electron chi connectivity index (χ4n) is 3.83. The zero-order valence-electron chi connectivity index (χ0n) is 17.2. The zero-order chi connectivity index (χ0) is 22.9. The molecular weight excluding hydrogens is 438 g/mol. The van der Waals surface area contributed by atoms with Crippen molar-refractivity contribution in [1.29, 1.82) is 0 Å². The lowest BCUT2D eigenvalue weighted by Crippen LogP contribution is -2.27. The first-order valence-electron chi connectivity index (χ1n) is 10.3. The molecule has 11 heteroatoms. The summed E-state index contributed by atoms with van der Waals surface area (Å²) in [6.45, 7) is 0.542. The Balaban J connectivity index is 1.32. The number of halogens is 2. The van der Waals surface area contributed by atoms with Crippen molar-refractivity contribution >= 4 is 23.5 Å². The van der Waals surface area contributed by atoms with Crippen molar-refractivity contribution in [3.63, 3.8) is 0 Å². The van der Waals surface area contributed by atoms with Crippen molar-refractivity contribution in [2.75, 3.05) is 29.5 Å². The predicted octanol–water partition coefficient (Wildman–Crippen LogP) is 3.55. The highest BCUT2D eigenvalue weighted by Crippen LogP contribution is 2.33. The molecule has 5 rings (SSSR count). The van der Waals surface area contributed by atoms with Crippen LogP contribution in [0.15, 0.2) is 47.3 Å². The number of hydrogen-bond acceptors (Lipinski definition) is 7. The molecule has 3 aromatic rings. The first kappa shape index (κ1) is 20.9. The van der Waals surface area contributed by atoms with Gasteiger partial charge in [0.15, 0.2) is 17.7 Å². The summed E-state index contributed by atoms with van der Waals surface area (Å²) in [7, 11) is 0. The number of pyridine rings is 1. The second-order valence-electron chi connectivity index (χ2n) is 7.58. The molecule has 0 N–H and O–H groups in total. The predicted molar refractivity (Wildman–Crippen MR) is 111 cm³/mol. The number of nitrogens with zero attached hydrogens (tertiary/aromatic N) is 4. The van der Waals surface area contributed by atoms with E-state index < -0.39 is 23.8 Å². The van der Waals surface area contributed by atoms with Gasteiger partial charge in [0.1, 0.15) is 18.7 Å². The molecule has 33 heavy (non-hydrogen) atoms. The van der Waals surface area contributed by atoms with Crippen LogP contribution in [0.3, 0.4) is 0 Å². The van der Waals surface area contributed by atoms with Gasteiger partial charge in [0, 0.05) is 36.4 Å². The number of aromatic nitrogens is 2. The van der Waals surface area contributed by atoms with E-state index in [1.165, 1.54) is 30.7 Å². The molecule has 9 nitrogen and oxygen atoms in total. The van der Waals surface area contributed by atoms with Crippen LogP contribution < -0.4 is 14.5 Å². The van der Waals surface area contributed by atoms with Gasteiger partial charge >= 0.3 is 6.09 Å². The average molecular weight is 456 g/mol. The summed E-state index contributed by atoms with van der Waals surface area (Å²) in [6.07, 6.45) is 2.45. The Morgan fingerprint density at radius 1 is 1.09 bits per heavy atom. The number of anilines is 2. The lowest BCUT2D eigenvalue weighted by molar-refractivity contribution is -0.117.